The standard InChI is InChI=1S/C16H22O3/c1-3-4-5-7-10-13(2)19-16(18)15(17)14-11-8-6-9-12-14/h6,8-9,11-13H,3-5,7,10H2,1-2H3/t13-/m1/s1. The van der Waals surface area contributed by atoms with Crippen LogP contribution >= 0.6 is 0 Å². The minimum Gasteiger partial charge on any atom is -0.457 e. The van der Waals surface area contributed by atoms with Crippen molar-refractivity contribution in [3.63, 3.8) is 0 Å². The molecule has 3 nitrogen and oxygen atoms in total. The Balaban J connectivity index is 2.36. The van der Waals surface area contributed by atoms with E-state index in [0.29, 0.717) is 5.56 Å². The summed E-state index contributed by atoms with van der Waals surface area (Å²) < 4.78 is 5.16. The van der Waals surface area contributed by atoms with E-state index in [-0.39, 0.29) is 6.10 Å². The third-order valence-electron chi connectivity index (χ3n) is 2.99. The van der Waals surface area contributed by atoms with Gasteiger partial charge < -0.3 is 4.74 Å². The second kappa shape index (κ2) is 8.46. The van der Waals surface area contributed by atoms with Crippen LogP contribution in [-0.2, 0) is 9.53 Å². The second-order valence-electron chi connectivity index (χ2n) is 4.76. The Bertz CT molecular complexity index is 398. The number of unbranched alkanes of at least 4 members (excludes halogenated alkanes) is 3. The van der Waals surface area contributed by atoms with E-state index in [1.165, 1.54) is 12.8 Å². The first-order valence-corrected chi connectivity index (χ1v) is 6.95. The van der Waals surface area contributed by atoms with Gasteiger partial charge in [0.1, 0.15) is 0 Å². The van der Waals surface area contributed by atoms with E-state index < -0.39 is 11.8 Å². The summed E-state index contributed by atoms with van der Waals surface area (Å²) in [6, 6.07) is 8.51. The number of hydrogen-bond donors (Lipinski definition) is 0. The second-order valence-corrected chi connectivity index (χ2v) is 4.76. The molecule has 1 aromatic carbocycles. The molecule has 0 aliphatic heterocycles. The summed E-state index contributed by atoms with van der Waals surface area (Å²) in [6.45, 7) is 3.99. The van der Waals surface area contributed by atoms with Crippen LogP contribution in [0.4, 0.5) is 0 Å². The first-order chi connectivity index (χ1) is 9.15. The highest BCUT2D eigenvalue weighted by molar-refractivity contribution is 6.40. The zero-order valence-corrected chi connectivity index (χ0v) is 11.7. The van der Waals surface area contributed by atoms with Crippen molar-refractivity contribution in [3.05, 3.63) is 35.9 Å². The van der Waals surface area contributed by atoms with Crippen LogP contribution in [0.15, 0.2) is 30.3 Å². The monoisotopic (exact) mass is 262 g/mol. The molecule has 0 amide bonds. The first kappa shape index (κ1) is 15.4. The Morgan fingerprint density at radius 3 is 2.42 bits per heavy atom. The van der Waals surface area contributed by atoms with Gasteiger partial charge in [0.05, 0.1) is 6.10 Å². The number of benzene rings is 1. The molecular weight excluding hydrogens is 240 g/mol. The summed E-state index contributed by atoms with van der Waals surface area (Å²) in [5, 5.41) is 0. The highest BCUT2D eigenvalue weighted by Crippen LogP contribution is 2.09. The van der Waals surface area contributed by atoms with E-state index in [9.17, 15) is 9.59 Å². The molecule has 0 spiro atoms. The topological polar surface area (TPSA) is 43.4 Å². The first-order valence-electron chi connectivity index (χ1n) is 6.95. The number of hydrogen-bond acceptors (Lipinski definition) is 3. The van der Waals surface area contributed by atoms with Gasteiger partial charge >= 0.3 is 5.97 Å². The van der Waals surface area contributed by atoms with Crippen LogP contribution in [0.25, 0.3) is 0 Å². The van der Waals surface area contributed by atoms with Gasteiger partial charge in [-0.2, -0.15) is 0 Å². The molecule has 1 rings (SSSR count). The number of carbonyl (C=O) groups excluding carboxylic acids is 2. The maximum atomic E-state index is 11.8. The van der Waals surface area contributed by atoms with Gasteiger partial charge in [0, 0.05) is 5.56 Å². The SMILES string of the molecule is CCCCCC[C@@H](C)OC(=O)C(=O)c1ccccc1. The van der Waals surface area contributed by atoms with Crippen LogP contribution in [0, 0.1) is 0 Å². The maximum absolute atomic E-state index is 11.8. The van der Waals surface area contributed by atoms with E-state index >= 15 is 0 Å². The number of ketones is 1. The summed E-state index contributed by atoms with van der Waals surface area (Å²) in [4.78, 5) is 23.5. The Hall–Kier alpha value is -1.64. The molecule has 0 aromatic heterocycles. The Morgan fingerprint density at radius 2 is 1.79 bits per heavy atom. The molecule has 0 saturated carbocycles. The summed E-state index contributed by atoms with van der Waals surface area (Å²) in [5.74, 6) is -1.32. The van der Waals surface area contributed by atoms with E-state index in [1.807, 2.05) is 6.92 Å². The van der Waals surface area contributed by atoms with Gasteiger partial charge in [-0.15, -0.1) is 0 Å². The van der Waals surface area contributed by atoms with Crippen molar-refractivity contribution in [2.45, 2.75) is 52.1 Å². The molecule has 0 radical (unpaired) electrons. The Morgan fingerprint density at radius 1 is 1.11 bits per heavy atom. The largest absolute Gasteiger partial charge is 0.457 e. The van der Waals surface area contributed by atoms with Gasteiger partial charge in [0.15, 0.2) is 0 Å². The van der Waals surface area contributed by atoms with Crippen LogP contribution in [0.5, 0.6) is 0 Å². The molecular formula is C16H22O3. The molecule has 0 N–H and O–H groups in total. The lowest BCUT2D eigenvalue weighted by Crippen LogP contribution is -2.22. The van der Waals surface area contributed by atoms with Gasteiger partial charge in [-0.1, -0.05) is 56.5 Å². The lowest BCUT2D eigenvalue weighted by atomic mass is 10.1. The minimum atomic E-state index is -0.755. The molecule has 3 heteroatoms. The van der Waals surface area contributed by atoms with Gasteiger partial charge in [-0.25, -0.2) is 4.79 Å². The molecule has 104 valence electrons. The Kier molecular flexibility index (Phi) is 6.86. The molecule has 0 unspecified atom stereocenters. The quantitative estimate of drug-likeness (QED) is 0.310. The van der Waals surface area contributed by atoms with Crippen LogP contribution in [0.1, 0.15) is 56.3 Å². The van der Waals surface area contributed by atoms with Crippen molar-refractivity contribution in [3.8, 4) is 0 Å². The predicted octanol–water partition coefficient (Wildman–Crippen LogP) is 3.77. The third-order valence-corrected chi connectivity index (χ3v) is 2.99. The van der Waals surface area contributed by atoms with Crippen molar-refractivity contribution in [2.24, 2.45) is 0 Å². The van der Waals surface area contributed by atoms with Crippen molar-refractivity contribution in [1.82, 2.24) is 0 Å². The average molecular weight is 262 g/mol. The van der Waals surface area contributed by atoms with E-state index in [4.69, 9.17) is 4.74 Å². The van der Waals surface area contributed by atoms with E-state index in [0.717, 1.165) is 19.3 Å². The smallest absolute Gasteiger partial charge is 0.379 e. The van der Waals surface area contributed by atoms with Crippen molar-refractivity contribution < 1.29 is 14.3 Å². The number of rotatable bonds is 8. The normalized spacial score (nSPS) is 11.9. The predicted molar refractivity (Wildman–Crippen MR) is 75.1 cm³/mol. The molecule has 0 heterocycles. The van der Waals surface area contributed by atoms with Gasteiger partial charge in [-0.3, -0.25) is 4.79 Å². The summed E-state index contributed by atoms with van der Waals surface area (Å²) >= 11 is 0. The molecule has 0 aliphatic rings. The van der Waals surface area contributed by atoms with Crippen molar-refractivity contribution >= 4 is 11.8 Å². The van der Waals surface area contributed by atoms with Gasteiger partial charge in [0.2, 0.25) is 0 Å². The van der Waals surface area contributed by atoms with Crippen LogP contribution in [0.2, 0.25) is 0 Å². The van der Waals surface area contributed by atoms with Crippen LogP contribution in [0.3, 0.4) is 0 Å². The molecule has 1 atom stereocenters. The molecule has 0 fully saturated rings. The fourth-order valence-corrected chi connectivity index (χ4v) is 1.86. The molecule has 0 bridgehead atoms. The fraction of sp³-hybridized carbons (Fsp3) is 0.500. The van der Waals surface area contributed by atoms with Gasteiger partial charge in [-0.05, 0) is 19.8 Å². The summed E-state index contributed by atoms with van der Waals surface area (Å²) in [5.41, 5.74) is 0.380. The summed E-state index contributed by atoms with van der Waals surface area (Å²) in [7, 11) is 0. The molecule has 0 aliphatic carbocycles. The van der Waals surface area contributed by atoms with Gasteiger partial charge in [0.25, 0.3) is 5.78 Å². The highest BCUT2D eigenvalue weighted by atomic mass is 16.5. The van der Waals surface area contributed by atoms with E-state index in [2.05, 4.69) is 6.92 Å². The summed E-state index contributed by atoms with van der Waals surface area (Å²) in [6.07, 6.45) is 5.17. The zero-order chi connectivity index (χ0) is 14.1. The lowest BCUT2D eigenvalue weighted by molar-refractivity contribution is -0.142. The number of ether oxygens (including phenoxy) is 1. The molecule has 1 aromatic rings. The third kappa shape index (κ3) is 5.69. The van der Waals surface area contributed by atoms with Crippen LogP contribution < -0.4 is 0 Å². The molecule has 0 saturated heterocycles. The van der Waals surface area contributed by atoms with Crippen LogP contribution in [-0.4, -0.2) is 17.9 Å². The van der Waals surface area contributed by atoms with Crippen molar-refractivity contribution in [1.29, 1.82) is 0 Å². The number of Topliss-reactive ketones (excluding diaryl/α,β-unsaturated/α-hetero) is 1. The van der Waals surface area contributed by atoms with E-state index in [1.54, 1.807) is 30.3 Å². The highest BCUT2D eigenvalue weighted by Gasteiger charge is 2.19. The van der Waals surface area contributed by atoms with Crippen molar-refractivity contribution in [2.75, 3.05) is 0 Å². The Labute approximate surface area is 115 Å². The fourth-order valence-electron chi connectivity index (χ4n) is 1.86. The minimum absolute atomic E-state index is 0.197. The molecule has 19 heavy (non-hydrogen) atoms. The average Bonchev–Trinajstić information content (AvgIpc) is 2.43. The maximum Gasteiger partial charge on any atom is 0.379 e. The number of carbonyl (C=O) groups is 2. The zero-order valence-electron chi connectivity index (χ0n) is 11.7. The number of esters is 1. The lowest BCUT2D eigenvalue weighted by Gasteiger charge is -2.12.